The third-order valence-corrected chi connectivity index (χ3v) is 4.00. The summed E-state index contributed by atoms with van der Waals surface area (Å²) >= 11 is 12.2. The van der Waals surface area contributed by atoms with E-state index < -0.39 is 0 Å². The predicted molar refractivity (Wildman–Crippen MR) is 88.7 cm³/mol. The van der Waals surface area contributed by atoms with Crippen molar-refractivity contribution in [1.82, 2.24) is 4.57 Å². The molecule has 0 spiro atoms. The zero-order chi connectivity index (χ0) is 14.8. The van der Waals surface area contributed by atoms with Gasteiger partial charge in [-0.15, -0.1) is 0 Å². The Hall–Kier alpha value is -1.64. The van der Waals surface area contributed by atoms with E-state index in [0.717, 1.165) is 22.2 Å². The molecule has 0 bridgehead atoms. The number of aromatic nitrogens is 1. The second-order valence-corrected chi connectivity index (χ2v) is 5.68. The first-order valence-electron chi connectivity index (χ1n) is 6.83. The molecule has 1 aromatic heterocycles. The van der Waals surface area contributed by atoms with E-state index in [2.05, 4.69) is 29.0 Å². The Morgan fingerprint density at radius 2 is 1.90 bits per heavy atom. The molecule has 0 fully saturated rings. The average molecular weight is 320 g/mol. The maximum Gasteiger partial charge on any atom is 0.120 e. The van der Waals surface area contributed by atoms with Crippen molar-refractivity contribution in [2.75, 3.05) is 6.61 Å². The Morgan fingerprint density at radius 3 is 2.67 bits per heavy atom. The van der Waals surface area contributed by atoms with Crippen LogP contribution in [0.15, 0.2) is 48.7 Å². The monoisotopic (exact) mass is 319 g/mol. The minimum atomic E-state index is 0.655. The van der Waals surface area contributed by atoms with Crippen molar-refractivity contribution in [2.45, 2.75) is 13.5 Å². The quantitative estimate of drug-likeness (QED) is 0.628. The smallest absolute Gasteiger partial charge is 0.120 e. The van der Waals surface area contributed by atoms with E-state index in [0.29, 0.717) is 23.2 Å². The van der Waals surface area contributed by atoms with Gasteiger partial charge in [0.05, 0.1) is 6.61 Å². The molecule has 3 rings (SSSR count). The summed E-state index contributed by atoms with van der Waals surface area (Å²) in [5, 5.41) is 2.50. The zero-order valence-electron chi connectivity index (χ0n) is 11.6. The van der Waals surface area contributed by atoms with Crippen molar-refractivity contribution in [1.29, 1.82) is 0 Å². The number of ether oxygens (including phenoxy) is 1. The van der Waals surface area contributed by atoms with Crippen LogP contribution in [0.3, 0.4) is 0 Å². The van der Waals surface area contributed by atoms with Gasteiger partial charge in [-0.05, 0) is 48.9 Å². The van der Waals surface area contributed by atoms with Gasteiger partial charge in [0, 0.05) is 33.7 Å². The van der Waals surface area contributed by atoms with Crippen molar-refractivity contribution < 1.29 is 4.74 Å². The Bertz CT molecular complexity index is 780. The molecule has 0 saturated carbocycles. The van der Waals surface area contributed by atoms with Gasteiger partial charge in [0.25, 0.3) is 0 Å². The lowest BCUT2D eigenvalue weighted by atomic mass is 10.2. The van der Waals surface area contributed by atoms with Crippen LogP contribution in [-0.4, -0.2) is 11.2 Å². The van der Waals surface area contributed by atoms with Crippen LogP contribution < -0.4 is 4.74 Å². The molecule has 2 nitrogen and oxygen atoms in total. The SMILES string of the molecule is CCOc1ccc2c(ccn2Cc2ccc(Cl)cc2Cl)c1. The molecule has 0 atom stereocenters. The summed E-state index contributed by atoms with van der Waals surface area (Å²) < 4.78 is 7.70. The minimum Gasteiger partial charge on any atom is -0.494 e. The fourth-order valence-electron chi connectivity index (χ4n) is 2.41. The van der Waals surface area contributed by atoms with E-state index in [9.17, 15) is 0 Å². The van der Waals surface area contributed by atoms with Crippen molar-refractivity contribution in [3.05, 3.63) is 64.3 Å². The second-order valence-electron chi connectivity index (χ2n) is 4.83. The maximum absolute atomic E-state index is 6.25. The zero-order valence-corrected chi connectivity index (χ0v) is 13.2. The van der Waals surface area contributed by atoms with E-state index in [1.807, 2.05) is 25.1 Å². The first-order valence-corrected chi connectivity index (χ1v) is 7.58. The summed E-state index contributed by atoms with van der Waals surface area (Å²) in [4.78, 5) is 0. The molecule has 2 aromatic carbocycles. The lowest BCUT2D eigenvalue weighted by molar-refractivity contribution is 0.340. The van der Waals surface area contributed by atoms with E-state index in [1.54, 1.807) is 6.07 Å². The molecule has 0 unspecified atom stereocenters. The Morgan fingerprint density at radius 1 is 1.05 bits per heavy atom. The normalized spacial score (nSPS) is 11.0. The highest BCUT2D eigenvalue weighted by atomic mass is 35.5. The highest BCUT2D eigenvalue weighted by Gasteiger charge is 2.06. The number of rotatable bonds is 4. The molecule has 0 radical (unpaired) electrons. The minimum absolute atomic E-state index is 0.655. The van der Waals surface area contributed by atoms with Gasteiger partial charge in [0.1, 0.15) is 5.75 Å². The van der Waals surface area contributed by atoms with Crippen LogP contribution in [0.25, 0.3) is 10.9 Å². The summed E-state index contributed by atoms with van der Waals surface area (Å²) in [6.45, 7) is 3.37. The summed E-state index contributed by atoms with van der Waals surface area (Å²) in [5.74, 6) is 0.896. The molecule has 1 heterocycles. The second kappa shape index (κ2) is 6.00. The molecule has 21 heavy (non-hydrogen) atoms. The fraction of sp³-hybridized carbons (Fsp3) is 0.176. The van der Waals surface area contributed by atoms with Crippen molar-refractivity contribution in [2.24, 2.45) is 0 Å². The summed E-state index contributed by atoms with van der Waals surface area (Å²) in [6, 6.07) is 13.8. The highest BCUT2D eigenvalue weighted by Crippen LogP contribution is 2.26. The third-order valence-electron chi connectivity index (χ3n) is 3.41. The molecule has 0 amide bonds. The van der Waals surface area contributed by atoms with Gasteiger partial charge in [-0.3, -0.25) is 0 Å². The van der Waals surface area contributed by atoms with Crippen LogP contribution in [0.4, 0.5) is 0 Å². The van der Waals surface area contributed by atoms with Gasteiger partial charge in [0.2, 0.25) is 0 Å². The fourth-order valence-corrected chi connectivity index (χ4v) is 2.87. The van der Waals surface area contributed by atoms with E-state index in [1.165, 1.54) is 0 Å². The third kappa shape index (κ3) is 3.02. The molecule has 0 aliphatic rings. The average Bonchev–Trinajstić information content (AvgIpc) is 2.85. The van der Waals surface area contributed by atoms with E-state index in [4.69, 9.17) is 27.9 Å². The number of halogens is 2. The van der Waals surface area contributed by atoms with Crippen LogP contribution in [0.2, 0.25) is 10.0 Å². The number of hydrogen-bond acceptors (Lipinski definition) is 1. The number of hydrogen-bond donors (Lipinski definition) is 0. The first kappa shape index (κ1) is 14.3. The van der Waals surface area contributed by atoms with Crippen LogP contribution in [-0.2, 0) is 6.54 Å². The lowest BCUT2D eigenvalue weighted by Gasteiger charge is -2.09. The largest absolute Gasteiger partial charge is 0.494 e. The Labute approximate surface area is 133 Å². The number of nitrogens with zero attached hydrogens (tertiary/aromatic N) is 1. The van der Waals surface area contributed by atoms with Gasteiger partial charge >= 0.3 is 0 Å². The summed E-state index contributed by atoms with van der Waals surface area (Å²) in [5.41, 5.74) is 2.21. The van der Waals surface area contributed by atoms with Gasteiger partial charge < -0.3 is 9.30 Å². The lowest BCUT2D eigenvalue weighted by Crippen LogP contribution is -1.98. The highest BCUT2D eigenvalue weighted by molar-refractivity contribution is 6.35. The molecule has 0 aliphatic heterocycles. The molecule has 0 saturated heterocycles. The first-order chi connectivity index (χ1) is 10.2. The maximum atomic E-state index is 6.25. The van der Waals surface area contributed by atoms with Crippen LogP contribution in [0, 0.1) is 0 Å². The standard InChI is InChI=1S/C17H15Cl2NO/c1-2-21-15-5-6-17-12(9-15)7-8-20(17)11-13-3-4-14(18)10-16(13)19/h3-10H,2,11H2,1H3. The Kier molecular flexibility index (Phi) is 4.09. The number of fused-ring (bicyclic) bond motifs is 1. The van der Waals surface area contributed by atoms with Crippen molar-refractivity contribution >= 4 is 34.1 Å². The molecule has 3 aromatic rings. The molecule has 108 valence electrons. The van der Waals surface area contributed by atoms with Gasteiger partial charge in [-0.1, -0.05) is 29.3 Å². The molecule has 0 N–H and O–H groups in total. The van der Waals surface area contributed by atoms with Crippen LogP contribution >= 0.6 is 23.2 Å². The van der Waals surface area contributed by atoms with Crippen molar-refractivity contribution in [3.8, 4) is 5.75 Å². The van der Waals surface area contributed by atoms with Crippen molar-refractivity contribution in [3.63, 3.8) is 0 Å². The number of benzene rings is 2. The van der Waals surface area contributed by atoms with E-state index >= 15 is 0 Å². The molecule has 0 aliphatic carbocycles. The van der Waals surface area contributed by atoms with Gasteiger partial charge in [0.15, 0.2) is 0 Å². The van der Waals surface area contributed by atoms with Gasteiger partial charge in [-0.25, -0.2) is 0 Å². The summed E-state index contributed by atoms with van der Waals surface area (Å²) in [6.07, 6.45) is 2.06. The van der Waals surface area contributed by atoms with Crippen LogP contribution in [0.5, 0.6) is 5.75 Å². The molecule has 4 heteroatoms. The summed E-state index contributed by atoms with van der Waals surface area (Å²) in [7, 11) is 0. The van der Waals surface area contributed by atoms with E-state index in [-0.39, 0.29) is 0 Å². The molecular weight excluding hydrogens is 305 g/mol. The predicted octanol–water partition coefficient (Wildman–Crippen LogP) is 5.40. The van der Waals surface area contributed by atoms with Gasteiger partial charge in [-0.2, -0.15) is 0 Å². The topological polar surface area (TPSA) is 14.2 Å². The Balaban J connectivity index is 1.94. The van der Waals surface area contributed by atoms with Crippen LogP contribution in [0.1, 0.15) is 12.5 Å². The molecular formula is C17H15Cl2NO.